The second-order valence-corrected chi connectivity index (χ2v) is 6.66. The van der Waals surface area contributed by atoms with Gasteiger partial charge in [-0.2, -0.15) is 0 Å². The van der Waals surface area contributed by atoms with Gasteiger partial charge < -0.3 is 10.1 Å². The van der Waals surface area contributed by atoms with E-state index in [1.165, 1.54) is 16.9 Å². The number of ether oxygens (including phenoxy) is 1. The summed E-state index contributed by atoms with van der Waals surface area (Å²) in [5.74, 6) is -0.0111. The number of hydrogen-bond donors (Lipinski definition) is 1. The van der Waals surface area contributed by atoms with Crippen molar-refractivity contribution in [3.8, 4) is 0 Å². The fraction of sp³-hybridized carbons (Fsp3) is 0.500. The monoisotopic (exact) mass is 304 g/mol. The molecule has 0 aliphatic carbocycles. The number of fused-ring (bicyclic) bond motifs is 1. The van der Waals surface area contributed by atoms with Crippen LogP contribution in [0.2, 0.25) is 0 Å². The fourth-order valence-corrected chi connectivity index (χ4v) is 4.15. The highest BCUT2D eigenvalue weighted by atomic mass is 32.1. The molecule has 5 heteroatoms. The van der Waals surface area contributed by atoms with Crippen molar-refractivity contribution < 1.29 is 9.53 Å². The van der Waals surface area contributed by atoms with Crippen LogP contribution in [0.1, 0.15) is 39.3 Å². The van der Waals surface area contributed by atoms with E-state index >= 15 is 0 Å². The summed E-state index contributed by atoms with van der Waals surface area (Å²) in [6.45, 7) is 7.47. The van der Waals surface area contributed by atoms with Crippen LogP contribution in [0.25, 0.3) is 10.2 Å². The smallest absolute Gasteiger partial charge is 0.261 e. The average Bonchev–Trinajstić information content (AvgIpc) is 3.04. The van der Waals surface area contributed by atoms with Crippen LogP contribution >= 0.6 is 11.3 Å². The number of amides is 1. The predicted octanol–water partition coefficient (Wildman–Crippen LogP) is 3.13. The Balaban J connectivity index is 1.84. The van der Waals surface area contributed by atoms with Gasteiger partial charge in [0.05, 0.1) is 11.0 Å². The molecule has 3 heterocycles. The van der Waals surface area contributed by atoms with Crippen molar-refractivity contribution in [2.24, 2.45) is 0 Å². The Morgan fingerprint density at radius 1 is 1.48 bits per heavy atom. The molecular weight excluding hydrogens is 284 g/mol. The van der Waals surface area contributed by atoms with Crippen LogP contribution in [0.15, 0.2) is 6.07 Å². The van der Waals surface area contributed by atoms with Crippen molar-refractivity contribution in [1.82, 2.24) is 10.3 Å². The van der Waals surface area contributed by atoms with E-state index in [0.29, 0.717) is 6.54 Å². The van der Waals surface area contributed by atoms with Crippen LogP contribution in [0.4, 0.5) is 0 Å². The van der Waals surface area contributed by atoms with Crippen LogP contribution in [-0.4, -0.2) is 30.1 Å². The molecule has 1 fully saturated rings. The summed E-state index contributed by atoms with van der Waals surface area (Å²) in [7, 11) is 0. The van der Waals surface area contributed by atoms with Gasteiger partial charge in [-0.05, 0) is 50.8 Å². The summed E-state index contributed by atoms with van der Waals surface area (Å²) >= 11 is 1.48. The molecule has 1 atom stereocenters. The molecule has 21 heavy (non-hydrogen) atoms. The quantitative estimate of drug-likeness (QED) is 0.948. The Morgan fingerprint density at radius 3 is 3.00 bits per heavy atom. The molecule has 0 unspecified atom stereocenters. The molecule has 1 amide bonds. The lowest BCUT2D eigenvalue weighted by Crippen LogP contribution is -2.31. The van der Waals surface area contributed by atoms with Gasteiger partial charge in [-0.1, -0.05) is 0 Å². The van der Waals surface area contributed by atoms with Crippen LogP contribution < -0.4 is 5.32 Å². The molecule has 0 bridgehead atoms. The standard InChI is InChI=1S/C16H20N2O2S/c1-9-7-10(2)18-16-13(9)11(3)14(21-16)15(19)17-8-12-5-4-6-20-12/h7,12H,4-6,8H2,1-3H3,(H,17,19)/t12-/m1/s1. The van der Waals surface area contributed by atoms with Gasteiger partial charge >= 0.3 is 0 Å². The van der Waals surface area contributed by atoms with E-state index in [1.807, 2.05) is 13.8 Å². The summed E-state index contributed by atoms with van der Waals surface area (Å²) < 4.78 is 5.54. The first-order valence-electron chi connectivity index (χ1n) is 7.33. The molecule has 1 N–H and O–H groups in total. The Morgan fingerprint density at radius 2 is 2.29 bits per heavy atom. The Bertz CT molecular complexity index is 687. The first kappa shape index (κ1) is 14.5. The molecule has 0 saturated carbocycles. The van der Waals surface area contributed by atoms with Crippen molar-refractivity contribution in [3.63, 3.8) is 0 Å². The van der Waals surface area contributed by atoms with E-state index in [0.717, 1.165) is 45.8 Å². The summed E-state index contributed by atoms with van der Waals surface area (Å²) in [6.07, 6.45) is 2.29. The lowest BCUT2D eigenvalue weighted by molar-refractivity contribution is 0.0860. The molecule has 2 aromatic rings. The Hall–Kier alpha value is -1.46. The summed E-state index contributed by atoms with van der Waals surface area (Å²) in [5, 5.41) is 4.11. The third-order valence-electron chi connectivity index (χ3n) is 3.95. The number of rotatable bonds is 3. The SMILES string of the molecule is Cc1cc(C)c2c(C)c(C(=O)NC[C@H]3CCCO3)sc2n1. The van der Waals surface area contributed by atoms with Crippen LogP contribution in [0.3, 0.4) is 0 Å². The Labute approximate surface area is 128 Å². The number of aromatic nitrogens is 1. The van der Waals surface area contributed by atoms with E-state index in [2.05, 4.69) is 23.3 Å². The number of carbonyl (C=O) groups is 1. The largest absolute Gasteiger partial charge is 0.376 e. The van der Waals surface area contributed by atoms with Gasteiger partial charge in [-0.3, -0.25) is 4.79 Å². The number of carbonyl (C=O) groups excluding carboxylic acids is 1. The zero-order valence-corrected chi connectivity index (χ0v) is 13.5. The normalized spacial score (nSPS) is 18.3. The molecule has 112 valence electrons. The molecular formula is C16H20N2O2S. The number of aryl methyl sites for hydroxylation is 3. The highest BCUT2D eigenvalue weighted by Crippen LogP contribution is 2.32. The van der Waals surface area contributed by atoms with Gasteiger partial charge in [0.25, 0.3) is 5.91 Å². The zero-order valence-electron chi connectivity index (χ0n) is 12.7. The molecule has 0 radical (unpaired) electrons. The maximum absolute atomic E-state index is 12.4. The minimum absolute atomic E-state index is 0.0111. The molecule has 1 saturated heterocycles. The van der Waals surface area contributed by atoms with Crippen molar-refractivity contribution in [2.75, 3.05) is 13.2 Å². The van der Waals surface area contributed by atoms with E-state index < -0.39 is 0 Å². The second kappa shape index (κ2) is 5.73. The maximum Gasteiger partial charge on any atom is 0.261 e. The number of nitrogens with zero attached hydrogens (tertiary/aromatic N) is 1. The van der Waals surface area contributed by atoms with Gasteiger partial charge in [0, 0.05) is 24.2 Å². The average molecular weight is 304 g/mol. The maximum atomic E-state index is 12.4. The van der Waals surface area contributed by atoms with Crippen molar-refractivity contribution in [2.45, 2.75) is 39.7 Å². The van der Waals surface area contributed by atoms with Crippen LogP contribution in [0.5, 0.6) is 0 Å². The van der Waals surface area contributed by atoms with Crippen molar-refractivity contribution >= 4 is 27.5 Å². The third kappa shape index (κ3) is 2.80. The highest BCUT2D eigenvalue weighted by molar-refractivity contribution is 7.20. The second-order valence-electron chi connectivity index (χ2n) is 5.66. The summed E-state index contributed by atoms with van der Waals surface area (Å²) in [5.41, 5.74) is 3.21. The lowest BCUT2D eigenvalue weighted by atomic mass is 10.1. The van der Waals surface area contributed by atoms with Gasteiger partial charge in [-0.15, -0.1) is 11.3 Å². The molecule has 0 spiro atoms. The molecule has 2 aromatic heterocycles. The molecule has 1 aliphatic heterocycles. The lowest BCUT2D eigenvalue weighted by Gasteiger charge is -2.10. The van der Waals surface area contributed by atoms with Gasteiger partial charge in [0.15, 0.2) is 0 Å². The number of hydrogen-bond acceptors (Lipinski definition) is 4. The number of thiophene rings is 1. The molecule has 3 rings (SSSR count). The topological polar surface area (TPSA) is 51.2 Å². The van der Waals surface area contributed by atoms with Crippen LogP contribution in [0, 0.1) is 20.8 Å². The van der Waals surface area contributed by atoms with Crippen molar-refractivity contribution in [3.05, 3.63) is 27.8 Å². The van der Waals surface area contributed by atoms with E-state index in [-0.39, 0.29) is 12.0 Å². The molecule has 4 nitrogen and oxygen atoms in total. The summed E-state index contributed by atoms with van der Waals surface area (Å²) in [4.78, 5) is 18.7. The zero-order chi connectivity index (χ0) is 15.0. The van der Waals surface area contributed by atoms with Crippen LogP contribution in [-0.2, 0) is 4.74 Å². The van der Waals surface area contributed by atoms with E-state index in [4.69, 9.17) is 4.74 Å². The molecule has 1 aliphatic rings. The first-order valence-corrected chi connectivity index (χ1v) is 8.15. The van der Waals surface area contributed by atoms with E-state index in [9.17, 15) is 4.79 Å². The summed E-state index contributed by atoms with van der Waals surface area (Å²) in [6, 6.07) is 2.07. The van der Waals surface area contributed by atoms with Crippen molar-refractivity contribution in [1.29, 1.82) is 0 Å². The Kier molecular flexibility index (Phi) is 3.95. The van der Waals surface area contributed by atoms with E-state index in [1.54, 1.807) is 0 Å². The van der Waals surface area contributed by atoms with Gasteiger partial charge in [-0.25, -0.2) is 4.98 Å². The minimum Gasteiger partial charge on any atom is -0.376 e. The first-order chi connectivity index (χ1) is 10.1. The predicted molar refractivity (Wildman–Crippen MR) is 85.1 cm³/mol. The molecule has 0 aromatic carbocycles. The fourth-order valence-electron chi connectivity index (χ4n) is 2.93. The highest BCUT2D eigenvalue weighted by Gasteiger charge is 2.20. The third-order valence-corrected chi connectivity index (χ3v) is 5.13. The van der Waals surface area contributed by atoms with Gasteiger partial charge in [0.1, 0.15) is 4.83 Å². The van der Waals surface area contributed by atoms with Gasteiger partial charge in [0.2, 0.25) is 0 Å². The minimum atomic E-state index is -0.0111. The number of nitrogens with one attached hydrogen (secondary N) is 1. The number of pyridine rings is 1.